The molecule has 1 rings (SSSR count). The highest BCUT2D eigenvalue weighted by atomic mass is 35.5. The molecule has 0 saturated heterocycles. The molecule has 6 nitrogen and oxygen atoms in total. The smallest absolute Gasteiger partial charge is 0.319 e. The number of rotatable bonds is 5. The van der Waals surface area contributed by atoms with Crippen LogP contribution >= 0.6 is 11.6 Å². The number of carbonyl (C=O) groups excluding carboxylic acids is 1. The average Bonchev–Trinajstić information content (AvgIpc) is 2.37. The molecule has 0 radical (unpaired) electrons. The summed E-state index contributed by atoms with van der Waals surface area (Å²) in [6.45, 7) is 4.93. The maximum atomic E-state index is 11.9. The number of hydrogen-bond donors (Lipinski definition) is 3. The first-order valence-electron chi connectivity index (χ1n) is 6.40. The van der Waals surface area contributed by atoms with E-state index in [2.05, 4.69) is 10.6 Å². The van der Waals surface area contributed by atoms with Gasteiger partial charge in [-0.3, -0.25) is 0 Å². The largest absolute Gasteiger partial charge is 0.495 e. The number of hydrogen-bond acceptors (Lipinski definition) is 4. The van der Waals surface area contributed by atoms with Crippen molar-refractivity contribution < 1.29 is 19.4 Å². The van der Waals surface area contributed by atoms with Crippen molar-refractivity contribution in [3.8, 4) is 11.5 Å². The summed E-state index contributed by atoms with van der Waals surface area (Å²) in [5.41, 5.74) is -0.623. The van der Waals surface area contributed by atoms with Gasteiger partial charge in [0.25, 0.3) is 0 Å². The van der Waals surface area contributed by atoms with E-state index in [1.807, 2.05) is 0 Å². The summed E-state index contributed by atoms with van der Waals surface area (Å²) in [5, 5.41) is 15.4. The molecule has 0 aliphatic rings. The Hall–Kier alpha value is -1.66. The molecule has 0 aliphatic heterocycles. The zero-order valence-electron chi connectivity index (χ0n) is 12.8. The van der Waals surface area contributed by atoms with E-state index in [1.54, 1.807) is 26.8 Å². The number of halogens is 1. The molecule has 0 aromatic heterocycles. The van der Waals surface area contributed by atoms with Crippen molar-refractivity contribution in [2.45, 2.75) is 32.4 Å². The number of methoxy groups -OCH3 is 2. The minimum atomic E-state index is -1.03. The van der Waals surface area contributed by atoms with E-state index >= 15 is 0 Å². The molecule has 1 atom stereocenters. The van der Waals surface area contributed by atoms with E-state index in [4.69, 9.17) is 21.1 Å². The molecule has 1 unspecified atom stereocenters. The fourth-order valence-corrected chi connectivity index (χ4v) is 1.73. The summed E-state index contributed by atoms with van der Waals surface area (Å²) >= 11 is 6.03. The maximum absolute atomic E-state index is 11.9. The van der Waals surface area contributed by atoms with Crippen molar-refractivity contribution in [1.82, 2.24) is 5.32 Å². The first-order chi connectivity index (χ1) is 9.68. The Kier molecular flexibility index (Phi) is 5.69. The summed E-state index contributed by atoms with van der Waals surface area (Å²) in [5.74, 6) is 0.867. The molecule has 118 valence electrons. The molecule has 21 heavy (non-hydrogen) atoms. The lowest BCUT2D eigenvalue weighted by Gasteiger charge is -2.26. The van der Waals surface area contributed by atoms with Gasteiger partial charge in [-0.15, -0.1) is 0 Å². The second kappa shape index (κ2) is 6.87. The zero-order valence-corrected chi connectivity index (χ0v) is 13.5. The second-order valence-corrected chi connectivity index (χ2v) is 5.57. The number of anilines is 1. The summed E-state index contributed by atoms with van der Waals surface area (Å²) < 4.78 is 10.3. The van der Waals surface area contributed by atoms with Crippen molar-refractivity contribution in [3.05, 3.63) is 17.2 Å². The third-order valence-electron chi connectivity index (χ3n) is 3.13. The van der Waals surface area contributed by atoms with Gasteiger partial charge in [-0.2, -0.15) is 0 Å². The van der Waals surface area contributed by atoms with Gasteiger partial charge in [-0.1, -0.05) is 11.6 Å². The third-order valence-corrected chi connectivity index (χ3v) is 3.42. The molecule has 0 heterocycles. The first kappa shape index (κ1) is 17.4. The van der Waals surface area contributed by atoms with E-state index in [-0.39, 0.29) is 0 Å². The lowest BCUT2D eigenvalue weighted by molar-refractivity contribution is 0.0486. The lowest BCUT2D eigenvalue weighted by Crippen LogP contribution is -2.48. The standard InChI is InChI=1S/C14H21ClN2O4/c1-8(14(2,3)19)16-13(18)17-10-6-9(15)11(20-4)7-12(10)21-5/h6-8,19H,1-5H3,(H2,16,17,18). The van der Waals surface area contributed by atoms with Crippen LogP contribution in [0.1, 0.15) is 20.8 Å². The predicted molar refractivity (Wildman–Crippen MR) is 82.5 cm³/mol. The van der Waals surface area contributed by atoms with Crippen LogP contribution in [0.2, 0.25) is 5.02 Å². The highest BCUT2D eigenvalue weighted by Gasteiger charge is 2.24. The van der Waals surface area contributed by atoms with Gasteiger partial charge in [0, 0.05) is 6.07 Å². The van der Waals surface area contributed by atoms with E-state index in [0.29, 0.717) is 22.2 Å². The van der Waals surface area contributed by atoms with Crippen molar-refractivity contribution >= 4 is 23.3 Å². The van der Waals surface area contributed by atoms with Crippen LogP contribution in [-0.2, 0) is 0 Å². The Morgan fingerprint density at radius 2 is 1.86 bits per heavy atom. The van der Waals surface area contributed by atoms with Crippen LogP contribution < -0.4 is 20.1 Å². The second-order valence-electron chi connectivity index (χ2n) is 5.16. The highest BCUT2D eigenvalue weighted by molar-refractivity contribution is 6.32. The van der Waals surface area contributed by atoms with Crippen LogP contribution in [0.5, 0.6) is 11.5 Å². The molecule has 7 heteroatoms. The summed E-state index contributed by atoms with van der Waals surface area (Å²) in [7, 11) is 2.97. The van der Waals surface area contributed by atoms with Crippen LogP contribution in [0.25, 0.3) is 0 Å². The number of ether oxygens (including phenoxy) is 2. The molecule has 0 bridgehead atoms. The number of urea groups is 1. The topological polar surface area (TPSA) is 79.8 Å². The number of carbonyl (C=O) groups is 1. The van der Waals surface area contributed by atoms with Gasteiger partial charge in [-0.05, 0) is 26.8 Å². The molecule has 0 fully saturated rings. The Labute approximate surface area is 129 Å². The van der Waals surface area contributed by atoms with E-state index < -0.39 is 17.7 Å². The molecular weight excluding hydrogens is 296 g/mol. The van der Waals surface area contributed by atoms with Crippen LogP contribution in [0, 0.1) is 0 Å². The van der Waals surface area contributed by atoms with Crippen LogP contribution in [0.15, 0.2) is 12.1 Å². The fourth-order valence-electron chi connectivity index (χ4n) is 1.49. The van der Waals surface area contributed by atoms with Crippen molar-refractivity contribution in [1.29, 1.82) is 0 Å². The molecule has 0 saturated carbocycles. The molecule has 1 aromatic carbocycles. The third kappa shape index (κ3) is 4.68. The lowest BCUT2D eigenvalue weighted by atomic mass is 10.0. The van der Waals surface area contributed by atoms with Gasteiger partial charge in [0.2, 0.25) is 0 Å². The first-order valence-corrected chi connectivity index (χ1v) is 6.78. The van der Waals surface area contributed by atoms with Gasteiger partial charge in [0.15, 0.2) is 0 Å². The zero-order chi connectivity index (χ0) is 16.2. The highest BCUT2D eigenvalue weighted by Crippen LogP contribution is 2.35. The van der Waals surface area contributed by atoms with Gasteiger partial charge in [0.1, 0.15) is 11.5 Å². The predicted octanol–water partition coefficient (Wildman–Crippen LogP) is 2.64. The quantitative estimate of drug-likeness (QED) is 0.780. The Balaban J connectivity index is 2.87. The molecule has 0 aliphatic carbocycles. The monoisotopic (exact) mass is 316 g/mol. The van der Waals surface area contributed by atoms with Crippen molar-refractivity contribution in [3.63, 3.8) is 0 Å². The van der Waals surface area contributed by atoms with Gasteiger partial charge >= 0.3 is 6.03 Å². The molecule has 0 spiro atoms. The minimum absolute atomic E-state index is 0.351. The van der Waals surface area contributed by atoms with Crippen molar-refractivity contribution in [2.75, 3.05) is 19.5 Å². The minimum Gasteiger partial charge on any atom is -0.495 e. The normalized spacial score (nSPS) is 12.5. The summed E-state index contributed by atoms with van der Waals surface area (Å²) in [4.78, 5) is 11.9. The molecule has 1 aromatic rings. The van der Waals surface area contributed by atoms with Crippen LogP contribution in [-0.4, -0.2) is 37.0 Å². The Bertz CT molecular complexity index is 514. The molecular formula is C14H21ClN2O4. The van der Waals surface area contributed by atoms with Crippen LogP contribution in [0.4, 0.5) is 10.5 Å². The summed E-state index contributed by atoms with van der Waals surface area (Å²) in [6.07, 6.45) is 0. The molecule has 2 amide bonds. The van der Waals surface area contributed by atoms with Gasteiger partial charge in [0.05, 0.1) is 36.6 Å². The SMILES string of the molecule is COc1cc(OC)c(NC(=O)NC(C)C(C)(C)O)cc1Cl. The van der Waals surface area contributed by atoms with E-state index in [9.17, 15) is 9.90 Å². The van der Waals surface area contributed by atoms with E-state index in [1.165, 1.54) is 20.3 Å². The van der Waals surface area contributed by atoms with Gasteiger partial charge < -0.3 is 25.2 Å². The molecule has 3 N–H and O–H groups in total. The van der Waals surface area contributed by atoms with Crippen molar-refractivity contribution in [2.24, 2.45) is 0 Å². The number of nitrogens with one attached hydrogen (secondary N) is 2. The van der Waals surface area contributed by atoms with Crippen LogP contribution in [0.3, 0.4) is 0 Å². The van der Waals surface area contributed by atoms with Gasteiger partial charge in [-0.25, -0.2) is 4.79 Å². The Morgan fingerprint density at radius 3 is 2.33 bits per heavy atom. The Morgan fingerprint density at radius 1 is 1.29 bits per heavy atom. The maximum Gasteiger partial charge on any atom is 0.319 e. The number of aliphatic hydroxyl groups is 1. The average molecular weight is 317 g/mol. The number of benzene rings is 1. The fraction of sp³-hybridized carbons (Fsp3) is 0.500. The van der Waals surface area contributed by atoms with E-state index in [0.717, 1.165) is 0 Å². The number of amides is 2. The summed E-state index contributed by atoms with van der Waals surface area (Å²) in [6, 6.07) is 2.21.